The second kappa shape index (κ2) is 12.2. The molecule has 4 heteroatoms. The highest BCUT2D eigenvalue weighted by atomic mass is 16.3. The molecule has 0 atom stereocenters. The summed E-state index contributed by atoms with van der Waals surface area (Å²) in [7, 11) is 0. The lowest BCUT2D eigenvalue weighted by Gasteiger charge is -2.09. The second-order valence-electron chi connectivity index (χ2n) is 11.7. The number of fused-ring (bicyclic) bond motifs is 3. The van der Waals surface area contributed by atoms with E-state index < -0.39 is 30.2 Å². The first kappa shape index (κ1) is 23.6. The predicted molar refractivity (Wildman–Crippen MR) is 200 cm³/mol. The number of rotatable bonds is 6. The number of furan rings is 1. The highest BCUT2D eigenvalue weighted by molar-refractivity contribution is 6.10. The first-order chi connectivity index (χ1) is 26.3. The van der Waals surface area contributed by atoms with Crippen LogP contribution in [0, 0.1) is 0 Å². The Morgan fingerprint density at radius 3 is 1.65 bits per heavy atom. The summed E-state index contributed by atoms with van der Waals surface area (Å²) in [6, 6.07) is 46.2. The molecule has 0 unspecified atom stereocenters. The van der Waals surface area contributed by atoms with E-state index in [9.17, 15) is 0 Å². The van der Waals surface area contributed by atoms with Gasteiger partial charge in [-0.1, -0.05) is 152 Å². The van der Waals surface area contributed by atoms with E-state index in [1.807, 2.05) is 97.1 Å². The van der Waals surface area contributed by atoms with E-state index in [4.69, 9.17) is 26.2 Å². The topological polar surface area (TPSA) is 51.8 Å². The van der Waals surface area contributed by atoms with Crippen LogP contribution in [0.3, 0.4) is 0 Å². The average molecular weight is 633 g/mol. The van der Waals surface area contributed by atoms with Crippen LogP contribution in [-0.4, -0.2) is 15.0 Å². The second-order valence-corrected chi connectivity index (χ2v) is 11.7. The fourth-order valence-corrected chi connectivity index (χ4v) is 6.20. The number of benzene rings is 7. The minimum atomic E-state index is -0.488. The molecule has 0 bridgehead atoms. The van der Waals surface area contributed by atoms with Gasteiger partial charge in [0, 0.05) is 21.9 Å². The minimum Gasteiger partial charge on any atom is -0.455 e. The molecule has 9 rings (SSSR count). The summed E-state index contributed by atoms with van der Waals surface area (Å²) in [4.78, 5) is 14.4. The summed E-state index contributed by atoms with van der Waals surface area (Å²) in [5.74, 6) is 0.498. The molecule has 0 saturated heterocycles. The molecule has 0 aliphatic carbocycles. The number of hydrogen-bond acceptors (Lipinski definition) is 4. The smallest absolute Gasteiger partial charge is 0.167 e. The molecule has 0 radical (unpaired) electrons. The lowest BCUT2D eigenvalue weighted by molar-refractivity contribution is 0.669. The molecule has 0 amide bonds. The van der Waals surface area contributed by atoms with Gasteiger partial charge in [0.1, 0.15) is 11.2 Å². The Morgan fingerprint density at radius 2 is 0.918 bits per heavy atom. The van der Waals surface area contributed by atoms with Gasteiger partial charge in [0.05, 0.1) is 12.4 Å². The number of nitrogens with zero attached hydrogens (tertiary/aromatic N) is 3. The fourth-order valence-electron chi connectivity index (χ4n) is 6.20. The van der Waals surface area contributed by atoms with Gasteiger partial charge in [-0.15, -0.1) is 0 Å². The lowest BCUT2D eigenvalue weighted by atomic mass is 9.98. The third-order valence-electron chi connectivity index (χ3n) is 8.65. The van der Waals surface area contributed by atoms with Crippen molar-refractivity contribution in [3.63, 3.8) is 0 Å². The van der Waals surface area contributed by atoms with Gasteiger partial charge in [0.15, 0.2) is 17.5 Å². The van der Waals surface area contributed by atoms with Gasteiger partial charge in [-0.2, -0.15) is 0 Å². The van der Waals surface area contributed by atoms with Crippen LogP contribution >= 0.6 is 0 Å². The molecule has 2 heterocycles. The van der Waals surface area contributed by atoms with Crippen LogP contribution in [-0.2, 0) is 0 Å². The fraction of sp³-hybridized carbons (Fsp3) is 0. The van der Waals surface area contributed by atoms with Crippen molar-refractivity contribution in [1.82, 2.24) is 15.0 Å². The largest absolute Gasteiger partial charge is 0.455 e. The number of aromatic nitrogens is 3. The van der Waals surface area contributed by atoms with Crippen molar-refractivity contribution in [2.75, 3.05) is 0 Å². The van der Waals surface area contributed by atoms with Gasteiger partial charge < -0.3 is 4.42 Å². The molecule has 0 saturated carbocycles. The van der Waals surface area contributed by atoms with Crippen LogP contribution in [0.4, 0.5) is 0 Å². The molecule has 230 valence electrons. The SMILES string of the molecule is [2H]c1c([2H])c([2H])c(-c2nc(-c3ccc(-c4ccccc4)cc3)nc(-c3cccc4c3oc3cc(-c5cccc(-c6ccccc6)c5)ccc34)n2)c([2H])c1[2H]. The van der Waals surface area contributed by atoms with Gasteiger partial charge >= 0.3 is 0 Å². The molecule has 0 aliphatic rings. The van der Waals surface area contributed by atoms with Crippen LogP contribution in [0.5, 0.6) is 0 Å². The zero-order valence-corrected chi connectivity index (χ0v) is 26.1. The minimum absolute atomic E-state index is 0.0344. The van der Waals surface area contributed by atoms with Crippen molar-refractivity contribution in [2.24, 2.45) is 0 Å². The Bertz CT molecular complexity index is 2850. The Balaban J connectivity index is 1.20. The summed E-state index contributed by atoms with van der Waals surface area (Å²) >= 11 is 0. The number of hydrogen-bond donors (Lipinski definition) is 0. The van der Waals surface area contributed by atoms with Gasteiger partial charge in [0.2, 0.25) is 0 Å². The third kappa shape index (κ3) is 5.45. The van der Waals surface area contributed by atoms with E-state index in [0.29, 0.717) is 22.3 Å². The molecule has 2 aromatic heterocycles. The van der Waals surface area contributed by atoms with E-state index in [0.717, 1.165) is 44.2 Å². The van der Waals surface area contributed by atoms with Crippen LogP contribution in [0.2, 0.25) is 0 Å². The van der Waals surface area contributed by atoms with Crippen molar-refractivity contribution < 1.29 is 11.3 Å². The molecule has 7 aromatic carbocycles. The van der Waals surface area contributed by atoms with E-state index in [2.05, 4.69) is 48.5 Å². The zero-order valence-electron chi connectivity index (χ0n) is 31.1. The van der Waals surface area contributed by atoms with Crippen LogP contribution in [0.1, 0.15) is 6.85 Å². The predicted octanol–water partition coefficient (Wildman–Crippen LogP) is 11.8. The molecule has 0 N–H and O–H groups in total. The van der Waals surface area contributed by atoms with Crippen LogP contribution in [0.25, 0.3) is 89.5 Å². The zero-order chi connectivity index (χ0) is 36.9. The van der Waals surface area contributed by atoms with Gasteiger partial charge in [-0.3, -0.25) is 0 Å². The Morgan fingerprint density at radius 1 is 0.388 bits per heavy atom. The normalized spacial score (nSPS) is 12.7. The van der Waals surface area contributed by atoms with Crippen molar-refractivity contribution in [1.29, 1.82) is 0 Å². The van der Waals surface area contributed by atoms with Gasteiger partial charge in [-0.05, 0) is 57.6 Å². The highest BCUT2D eigenvalue weighted by Crippen LogP contribution is 2.38. The van der Waals surface area contributed by atoms with Crippen LogP contribution in [0.15, 0.2) is 180 Å². The Kier molecular flexibility index (Phi) is 5.87. The first-order valence-electron chi connectivity index (χ1n) is 18.4. The first-order valence-corrected chi connectivity index (χ1v) is 15.9. The molecule has 0 spiro atoms. The van der Waals surface area contributed by atoms with Crippen molar-refractivity contribution in [3.8, 4) is 67.5 Å². The summed E-state index contributed by atoms with van der Waals surface area (Å²) in [5.41, 5.74) is 8.79. The maximum absolute atomic E-state index is 8.71. The Labute approximate surface area is 291 Å². The molecule has 0 aliphatic heterocycles. The molecular weight excluding hydrogens is 599 g/mol. The summed E-state index contributed by atoms with van der Waals surface area (Å²) in [5, 5.41) is 1.79. The van der Waals surface area contributed by atoms with E-state index >= 15 is 0 Å². The van der Waals surface area contributed by atoms with Crippen molar-refractivity contribution in [3.05, 3.63) is 176 Å². The monoisotopic (exact) mass is 632 g/mol. The standard InChI is InChI=1S/C45H29N3O/c1-4-12-30(13-5-1)32-22-24-34(25-23-32)44-46-43(33-16-8-3-9-17-33)47-45(48-44)40-21-11-20-39-38-27-26-37(29-41(38)49-42(39)40)36-19-10-18-35(28-36)31-14-6-2-7-15-31/h1-29H/i3D,8D,9D,16D,17D. The van der Waals surface area contributed by atoms with E-state index in [-0.39, 0.29) is 23.0 Å². The van der Waals surface area contributed by atoms with E-state index in [1.54, 1.807) is 0 Å². The third-order valence-corrected chi connectivity index (χ3v) is 8.65. The van der Waals surface area contributed by atoms with Crippen molar-refractivity contribution >= 4 is 21.9 Å². The number of para-hydroxylation sites is 1. The maximum atomic E-state index is 8.71. The molecule has 49 heavy (non-hydrogen) atoms. The van der Waals surface area contributed by atoms with Gasteiger partial charge in [0.25, 0.3) is 0 Å². The highest BCUT2D eigenvalue weighted by Gasteiger charge is 2.18. The Hall–Kier alpha value is -6.65. The summed E-state index contributed by atoms with van der Waals surface area (Å²) in [6.45, 7) is 0. The van der Waals surface area contributed by atoms with E-state index in [1.165, 1.54) is 0 Å². The quantitative estimate of drug-likeness (QED) is 0.183. The average Bonchev–Trinajstić information content (AvgIpc) is 3.61. The molecular formula is C45H29N3O. The van der Waals surface area contributed by atoms with Crippen molar-refractivity contribution in [2.45, 2.75) is 0 Å². The molecule has 0 fully saturated rings. The molecule has 4 nitrogen and oxygen atoms in total. The maximum Gasteiger partial charge on any atom is 0.167 e. The summed E-state index contributed by atoms with van der Waals surface area (Å²) in [6.07, 6.45) is 0. The van der Waals surface area contributed by atoms with Crippen LogP contribution < -0.4 is 0 Å². The van der Waals surface area contributed by atoms with Gasteiger partial charge in [-0.25, -0.2) is 15.0 Å². The molecule has 9 aromatic rings. The summed E-state index contributed by atoms with van der Waals surface area (Å²) < 4.78 is 48.9. The lowest BCUT2D eigenvalue weighted by Crippen LogP contribution is -2.00.